The van der Waals surface area contributed by atoms with Gasteiger partial charge in [-0.15, -0.1) is 0 Å². The SMILES string of the molecule is CNCCN(C)CC(Oc1ccccc1)Oc1ccccc1. The number of likely N-dealkylation sites (N-methyl/N-ethyl adjacent to an activating group) is 2. The van der Waals surface area contributed by atoms with Crippen molar-refractivity contribution in [1.82, 2.24) is 10.2 Å². The summed E-state index contributed by atoms with van der Waals surface area (Å²) >= 11 is 0. The zero-order valence-electron chi connectivity index (χ0n) is 13.2. The van der Waals surface area contributed by atoms with Gasteiger partial charge in [0.2, 0.25) is 0 Å². The summed E-state index contributed by atoms with van der Waals surface area (Å²) in [5.41, 5.74) is 0. The molecule has 2 aromatic rings. The van der Waals surface area contributed by atoms with Gasteiger partial charge in [-0.2, -0.15) is 0 Å². The largest absolute Gasteiger partial charge is 0.454 e. The Morgan fingerprint density at radius 3 is 1.86 bits per heavy atom. The van der Waals surface area contributed by atoms with E-state index >= 15 is 0 Å². The topological polar surface area (TPSA) is 33.7 Å². The monoisotopic (exact) mass is 300 g/mol. The highest BCUT2D eigenvalue weighted by Crippen LogP contribution is 2.16. The molecule has 0 unspecified atom stereocenters. The third kappa shape index (κ3) is 5.76. The van der Waals surface area contributed by atoms with E-state index in [9.17, 15) is 0 Å². The summed E-state index contributed by atoms with van der Waals surface area (Å²) in [5.74, 6) is 1.62. The Morgan fingerprint density at radius 1 is 0.909 bits per heavy atom. The lowest BCUT2D eigenvalue weighted by molar-refractivity contribution is -0.0156. The van der Waals surface area contributed by atoms with Gasteiger partial charge in [0.05, 0.1) is 6.54 Å². The van der Waals surface area contributed by atoms with Crippen LogP contribution in [0.25, 0.3) is 0 Å². The molecule has 0 heterocycles. The zero-order valence-corrected chi connectivity index (χ0v) is 13.2. The predicted octanol–water partition coefficient (Wildman–Crippen LogP) is 2.62. The third-order valence-corrected chi connectivity index (χ3v) is 3.23. The Kier molecular flexibility index (Phi) is 6.74. The first-order chi connectivity index (χ1) is 10.8. The number of rotatable bonds is 9. The van der Waals surface area contributed by atoms with E-state index in [1.807, 2.05) is 67.7 Å². The second-order valence-corrected chi connectivity index (χ2v) is 5.16. The molecule has 0 bridgehead atoms. The van der Waals surface area contributed by atoms with E-state index in [2.05, 4.69) is 17.3 Å². The normalized spacial score (nSPS) is 10.9. The zero-order chi connectivity index (χ0) is 15.6. The van der Waals surface area contributed by atoms with Crippen LogP contribution in [0.2, 0.25) is 0 Å². The average Bonchev–Trinajstić information content (AvgIpc) is 2.55. The maximum absolute atomic E-state index is 5.98. The number of hydrogen-bond acceptors (Lipinski definition) is 4. The van der Waals surface area contributed by atoms with Crippen molar-refractivity contribution in [2.45, 2.75) is 6.29 Å². The van der Waals surface area contributed by atoms with Crippen molar-refractivity contribution >= 4 is 0 Å². The van der Waals surface area contributed by atoms with Gasteiger partial charge in [-0.1, -0.05) is 36.4 Å². The highest BCUT2D eigenvalue weighted by Gasteiger charge is 2.15. The minimum absolute atomic E-state index is 0.355. The van der Waals surface area contributed by atoms with Crippen LogP contribution >= 0.6 is 0 Å². The maximum Gasteiger partial charge on any atom is 0.253 e. The Morgan fingerprint density at radius 2 is 1.41 bits per heavy atom. The summed E-state index contributed by atoms with van der Waals surface area (Å²) in [6.07, 6.45) is -0.355. The van der Waals surface area contributed by atoms with Gasteiger partial charge in [0.15, 0.2) is 0 Å². The van der Waals surface area contributed by atoms with Crippen LogP contribution in [-0.2, 0) is 0 Å². The third-order valence-electron chi connectivity index (χ3n) is 3.23. The fourth-order valence-corrected chi connectivity index (χ4v) is 2.05. The smallest absolute Gasteiger partial charge is 0.253 e. The number of benzene rings is 2. The van der Waals surface area contributed by atoms with Crippen molar-refractivity contribution < 1.29 is 9.47 Å². The van der Waals surface area contributed by atoms with Gasteiger partial charge >= 0.3 is 0 Å². The number of ether oxygens (including phenoxy) is 2. The van der Waals surface area contributed by atoms with Crippen LogP contribution in [0.1, 0.15) is 0 Å². The van der Waals surface area contributed by atoms with Crippen molar-refractivity contribution in [3.63, 3.8) is 0 Å². The van der Waals surface area contributed by atoms with Crippen LogP contribution in [0.15, 0.2) is 60.7 Å². The molecule has 1 N–H and O–H groups in total. The number of para-hydroxylation sites is 2. The summed E-state index contributed by atoms with van der Waals surface area (Å²) < 4.78 is 12.0. The number of nitrogens with one attached hydrogen (secondary N) is 1. The number of nitrogens with zero attached hydrogens (tertiary/aromatic N) is 1. The highest BCUT2D eigenvalue weighted by molar-refractivity contribution is 5.23. The molecule has 0 atom stereocenters. The van der Waals surface area contributed by atoms with E-state index in [-0.39, 0.29) is 6.29 Å². The first-order valence-electron chi connectivity index (χ1n) is 7.54. The Labute approximate surface area is 132 Å². The van der Waals surface area contributed by atoms with E-state index in [1.165, 1.54) is 0 Å². The van der Waals surface area contributed by atoms with Crippen LogP contribution < -0.4 is 14.8 Å². The van der Waals surface area contributed by atoms with Crippen molar-refractivity contribution in [2.24, 2.45) is 0 Å². The van der Waals surface area contributed by atoms with Crippen LogP contribution in [-0.4, -0.2) is 44.9 Å². The first-order valence-corrected chi connectivity index (χ1v) is 7.54. The standard InChI is InChI=1S/C18H24N2O2/c1-19-13-14-20(2)15-18(21-16-9-5-3-6-10-16)22-17-11-7-4-8-12-17/h3-12,18-19H,13-15H2,1-2H3. The van der Waals surface area contributed by atoms with E-state index in [4.69, 9.17) is 9.47 Å². The molecule has 0 aromatic heterocycles. The van der Waals surface area contributed by atoms with E-state index < -0.39 is 0 Å². The van der Waals surface area contributed by atoms with Gasteiger partial charge in [0.25, 0.3) is 6.29 Å². The summed E-state index contributed by atoms with van der Waals surface area (Å²) in [4.78, 5) is 2.19. The van der Waals surface area contributed by atoms with E-state index in [0.717, 1.165) is 24.6 Å². The Hall–Kier alpha value is -2.04. The molecule has 2 rings (SSSR count). The van der Waals surface area contributed by atoms with Crippen molar-refractivity contribution in [3.8, 4) is 11.5 Å². The predicted molar refractivity (Wildman–Crippen MR) is 89.4 cm³/mol. The lowest BCUT2D eigenvalue weighted by Crippen LogP contribution is -2.39. The fourth-order valence-electron chi connectivity index (χ4n) is 2.05. The molecule has 0 aliphatic carbocycles. The van der Waals surface area contributed by atoms with Crippen LogP contribution in [0.3, 0.4) is 0 Å². The molecule has 4 heteroatoms. The molecule has 0 radical (unpaired) electrons. The molecule has 0 aliphatic rings. The molecule has 118 valence electrons. The van der Waals surface area contributed by atoms with Gasteiger partial charge in [-0.25, -0.2) is 0 Å². The van der Waals surface area contributed by atoms with Gasteiger partial charge < -0.3 is 14.8 Å². The fraction of sp³-hybridized carbons (Fsp3) is 0.333. The molecular formula is C18H24N2O2. The van der Waals surface area contributed by atoms with E-state index in [0.29, 0.717) is 6.54 Å². The molecular weight excluding hydrogens is 276 g/mol. The van der Waals surface area contributed by atoms with Crippen molar-refractivity contribution in [2.75, 3.05) is 33.7 Å². The molecule has 22 heavy (non-hydrogen) atoms. The molecule has 0 saturated heterocycles. The quantitative estimate of drug-likeness (QED) is 0.722. The molecule has 0 saturated carbocycles. The van der Waals surface area contributed by atoms with Crippen LogP contribution in [0.4, 0.5) is 0 Å². The lowest BCUT2D eigenvalue weighted by Gasteiger charge is -2.25. The van der Waals surface area contributed by atoms with Crippen LogP contribution in [0, 0.1) is 0 Å². The molecule has 0 spiro atoms. The van der Waals surface area contributed by atoms with Gasteiger partial charge in [0.1, 0.15) is 11.5 Å². The molecule has 0 fully saturated rings. The van der Waals surface area contributed by atoms with Crippen LogP contribution in [0.5, 0.6) is 11.5 Å². The maximum atomic E-state index is 5.98. The first kappa shape index (κ1) is 16.3. The average molecular weight is 300 g/mol. The van der Waals surface area contributed by atoms with Gasteiger partial charge in [-0.3, -0.25) is 4.90 Å². The summed E-state index contributed by atoms with van der Waals surface area (Å²) in [6, 6.07) is 19.5. The molecule has 4 nitrogen and oxygen atoms in total. The minimum Gasteiger partial charge on any atom is -0.454 e. The molecule has 0 aliphatic heterocycles. The number of hydrogen-bond donors (Lipinski definition) is 1. The Balaban J connectivity index is 1.99. The molecule has 0 amide bonds. The van der Waals surface area contributed by atoms with Gasteiger partial charge in [-0.05, 0) is 38.4 Å². The summed E-state index contributed by atoms with van der Waals surface area (Å²) in [7, 11) is 4.01. The highest BCUT2D eigenvalue weighted by atomic mass is 16.7. The van der Waals surface area contributed by atoms with Crippen molar-refractivity contribution in [1.29, 1.82) is 0 Å². The summed E-state index contributed by atoms with van der Waals surface area (Å²) in [5, 5.41) is 3.15. The minimum atomic E-state index is -0.355. The second kappa shape index (κ2) is 9.07. The summed E-state index contributed by atoms with van der Waals surface area (Å²) in [6.45, 7) is 2.55. The lowest BCUT2D eigenvalue weighted by atomic mass is 10.3. The molecule has 2 aromatic carbocycles. The Bertz CT molecular complexity index is 478. The second-order valence-electron chi connectivity index (χ2n) is 5.16. The van der Waals surface area contributed by atoms with Gasteiger partial charge in [0, 0.05) is 13.1 Å². The van der Waals surface area contributed by atoms with Crippen molar-refractivity contribution in [3.05, 3.63) is 60.7 Å². The van der Waals surface area contributed by atoms with E-state index in [1.54, 1.807) is 0 Å².